The summed E-state index contributed by atoms with van der Waals surface area (Å²) >= 11 is 6.57. The van der Waals surface area contributed by atoms with Crippen molar-refractivity contribution in [1.29, 1.82) is 0 Å². The zero-order valence-corrected chi connectivity index (χ0v) is 11.9. The molecule has 1 heterocycles. The SMILES string of the molecule is Cc1[nH]c(=S)sc1CC(=O)NC1(C)CCCC1. The number of amides is 1. The van der Waals surface area contributed by atoms with Crippen LogP contribution in [0.15, 0.2) is 0 Å². The predicted molar refractivity (Wildman–Crippen MR) is 73.0 cm³/mol. The summed E-state index contributed by atoms with van der Waals surface area (Å²) in [7, 11) is 0. The molecule has 0 radical (unpaired) electrons. The summed E-state index contributed by atoms with van der Waals surface area (Å²) in [5.41, 5.74) is 1.04. The van der Waals surface area contributed by atoms with Gasteiger partial charge in [0.15, 0.2) is 3.95 Å². The molecule has 1 aromatic rings. The molecule has 2 N–H and O–H groups in total. The van der Waals surface area contributed by atoms with Crippen molar-refractivity contribution in [2.75, 3.05) is 0 Å². The third kappa shape index (κ3) is 3.16. The van der Waals surface area contributed by atoms with Crippen LogP contribution in [-0.2, 0) is 11.2 Å². The van der Waals surface area contributed by atoms with Crippen molar-refractivity contribution in [2.45, 2.75) is 51.5 Å². The summed E-state index contributed by atoms with van der Waals surface area (Å²) in [5.74, 6) is 0.114. The maximum absolute atomic E-state index is 12.0. The second-order valence-corrected chi connectivity index (χ2v) is 6.83. The molecular formula is C12H18N2OS2. The second-order valence-electron chi connectivity index (χ2n) is 5.06. The number of hydrogen-bond acceptors (Lipinski definition) is 3. The molecule has 1 amide bonds. The van der Waals surface area contributed by atoms with Gasteiger partial charge in [0.05, 0.1) is 6.42 Å². The highest BCUT2D eigenvalue weighted by Gasteiger charge is 2.30. The average Bonchev–Trinajstić information content (AvgIpc) is 2.74. The van der Waals surface area contributed by atoms with Crippen molar-refractivity contribution < 1.29 is 4.79 Å². The Morgan fingerprint density at radius 3 is 2.71 bits per heavy atom. The quantitative estimate of drug-likeness (QED) is 0.829. The van der Waals surface area contributed by atoms with Crippen LogP contribution in [0, 0.1) is 10.9 Å². The molecule has 2 rings (SSSR count). The van der Waals surface area contributed by atoms with E-state index in [-0.39, 0.29) is 11.4 Å². The second kappa shape index (κ2) is 4.90. The first-order valence-corrected chi connectivity index (χ1v) is 7.21. The largest absolute Gasteiger partial charge is 0.351 e. The Labute approximate surface area is 111 Å². The van der Waals surface area contributed by atoms with Gasteiger partial charge in [-0.3, -0.25) is 4.79 Å². The van der Waals surface area contributed by atoms with Gasteiger partial charge in [0.1, 0.15) is 0 Å². The lowest BCUT2D eigenvalue weighted by atomic mass is 10.0. The minimum Gasteiger partial charge on any atom is -0.351 e. The minimum atomic E-state index is 0.0166. The molecule has 1 aliphatic carbocycles. The van der Waals surface area contributed by atoms with Crippen LogP contribution in [0.5, 0.6) is 0 Å². The van der Waals surface area contributed by atoms with Gasteiger partial charge in [0, 0.05) is 16.1 Å². The summed E-state index contributed by atoms with van der Waals surface area (Å²) in [4.78, 5) is 16.1. The van der Waals surface area contributed by atoms with Crippen molar-refractivity contribution in [3.05, 3.63) is 14.5 Å². The summed E-state index contributed by atoms with van der Waals surface area (Å²) in [6.45, 7) is 4.11. The Morgan fingerprint density at radius 2 is 2.18 bits per heavy atom. The lowest BCUT2D eigenvalue weighted by molar-refractivity contribution is -0.122. The van der Waals surface area contributed by atoms with E-state index in [0.717, 1.165) is 27.4 Å². The van der Waals surface area contributed by atoms with Crippen LogP contribution in [0.3, 0.4) is 0 Å². The van der Waals surface area contributed by atoms with E-state index >= 15 is 0 Å². The number of rotatable bonds is 3. The summed E-state index contributed by atoms with van der Waals surface area (Å²) in [6, 6.07) is 0. The van der Waals surface area contributed by atoms with Gasteiger partial charge in [-0.05, 0) is 38.9 Å². The van der Waals surface area contributed by atoms with Gasteiger partial charge < -0.3 is 10.3 Å². The minimum absolute atomic E-state index is 0.0166. The van der Waals surface area contributed by atoms with Crippen LogP contribution in [-0.4, -0.2) is 16.4 Å². The number of aromatic amines is 1. The topological polar surface area (TPSA) is 44.9 Å². The molecule has 1 aliphatic rings. The number of aromatic nitrogens is 1. The number of thiazole rings is 1. The Morgan fingerprint density at radius 1 is 1.53 bits per heavy atom. The monoisotopic (exact) mass is 270 g/mol. The summed E-state index contributed by atoms with van der Waals surface area (Å²) in [6.07, 6.45) is 5.08. The molecule has 0 atom stereocenters. The Kier molecular flexibility index (Phi) is 3.68. The normalized spacial score (nSPS) is 18.2. The number of nitrogens with one attached hydrogen (secondary N) is 2. The number of hydrogen-bond donors (Lipinski definition) is 2. The van der Waals surface area contributed by atoms with E-state index in [1.54, 1.807) is 0 Å². The van der Waals surface area contributed by atoms with Crippen molar-refractivity contribution >= 4 is 29.5 Å². The number of carbonyl (C=O) groups excluding carboxylic acids is 1. The molecular weight excluding hydrogens is 252 g/mol. The fourth-order valence-electron chi connectivity index (χ4n) is 2.41. The van der Waals surface area contributed by atoms with E-state index in [1.165, 1.54) is 24.2 Å². The van der Waals surface area contributed by atoms with Crippen molar-refractivity contribution in [3.8, 4) is 0 Å². The molecule has 0 saturated heterocycles. The van der Waals surface area contributed by atoms with Gasteiger partial charge in [-0.15, -0.1) is 11.3 Å². The van der Waals surface area contributed by atoms with E-state index in [0.29, 0.717) is 6.42 Å². The molecule has 1 saturated carbocycles. The van der Waals surface area contributed by atoms with Crippen molar-refractivity contribution in [2.24, 2.45) is 0 Å². The van der Waals surface area contributed by atoms with Gasteiger partial charge >= 0.3 is 0 Å². The van der Waals surface area contributed by atoms with Gasteiger partial charge in [0.2, 0.25) is 5.91 Å². The highest BCUT2D eigenvalue weighted by atomic mass is 32.1. The average molecular weight is 270 g/mol. The zero-order valence-electron chi connectivity index (χ0n) is 10.3. The standard InChI is InChI=1S/C12H18N2OS2/c1-8-9(17-11(16)13-8)7-10(15)14-12(2)5-3-4-6-12/h3-7H2,1-2H3,(H,13,16)(H,14,15). The predicted octanol–water partition coefficient (Wildman–Crippen LogP) is 3.11. The Bertz CT molecular complexity index is 469. The smallest absolute Gasteiger partial charge is 0.225 e. The molecule has 5 heteroatoms. The molecule has 0 spiro atoms. The van der Waals surface area contributed by atoms with Crippen molar-refractivity contribution in [1.82, 2.24) is 10.3 Å². The molecule has 94 valence electrons. The Balaban J connectivity index is 1.97. The van der Waals surface area contributed by atoms with E-state index in [9.17, 15) is 4.79 Å². The molecule has 1 fully saturated rings. The van der Waals surface area contributed by atoms with Crippen LogP contribution in [0.1, 0.15) is 43.2 Å². The van der Waals surface area contributed by atoms with E-state index in [2.05, 4.69) is 17.2 Å². The highest BCUT2D eigenvalue weighted by molar-refractivity contribution is 7.73. The first kappa shape index (κ1) is 12.8. The van der Waals surface area contributed by atoms with E-state index < -0.39 is 0 Å². The molecule has 17 heavy (non-hydrogen) atoms. The summed E-state index contributed by atoms with van der Waals surface area (Å²) < 4.78 is 0.748. The maximum Gasteiger partial charge on any atom is 0.225 e. The van der Waals surface area contributed by atoms with Gasteiger partial charge in [-0.25, -0.2) is 0 Å². The van der Waals surface area contributed by atoms with Crippen LogP contribution >= 0.6 is 23.6 Å². The summed E-state index contributed by atoms with van der Waals surface area (Å²) in [5, 5.41) is 3.16. The lowest BCUT2D eigenvalue weighted by Gasteiger charge is -2.25. The third-order valence-corrected chi connectivity index (χ3v) is 4.73. The number of carbonyl (C=O) groups is 1. The van der Waals surface area contributed by atoms with Gasteiger partial charge in [-0.1, -0.05) is 12.8 Å². The third-order valence-electron chi connectivity index (χ3n) is 3.39. The molecule has 3 nitrogen and oxygen atoms in total. The molecule has 0 unspecified atom stereocenters. The van der Waals surface area contributed by atoms with Crippen LogP contribution in [0.2, 0.25) is 0 Å². The van der Waals surface area contributed by atoms with E-state index in [1.807, 2.05) is 6.92 Å². The fourth-order valence-corrected chi connectivity index (χ4v) is 3.70. The number of H-pyrrole nitrogens is 1. The van der Waals surface area contributed by atoms with Crippen LogP contribution < -0.4 is 5.32 Å². The first-order chi connectivity index (χ1) is 7.98. The number of aryl methyl sites for hydroxylation is 1. The molecule has 1 aromatic heterocycles. The van der Waals surface area contributed by atoms with Gasteiger partial charge in [-0.2, -0.15) is 0 Å². The molecule has 0 bridgehead atoms. The molecule has 0 aromatic carbocycles. The highest BCUT2D eigenvalue weighted by Crippen LogP contribution is 2.29. The zero-order chi connectivity index (χ0) is 12.5. The van der Waals surface area contributed by atoms with Crippen molar-refractivity contribution in [3.63, 3.8) is 0 Å². The first-order valence-electron chi connectivity index (χ1n) is 5.98. The lowest BCUT2D eigenvalue weighted by Crippen LogP contribution is -2.44. The maximum atomic E-state index is 12.0. The molecule has 0 aliphatic heterocycles. The van der Waals surface area contributed by atoms with Crippen LogP contribution in [0.4, 0.5) is 0 Å². The van der Waals surface area contributed by atoms with E-state index in [4.69, 9.17) is 12.2 Å². The van der Waals surface area contributed by atoms with Crippen LogP contribution in [0.25, 0.3) is 0 Å². The van der Waals surface area contributed by atoms with Gasteiger partial charge in [0.25, 0.3) is 0 Å². The fraction of sp³-hybridized carbons (Fsp3) is 0.667. The Hall–Kier alpha value is -0.680.